The smallest absolute Gasteiger partial charge is 0.411 e. The molecule has 1 unspecified atom stereocenters. The standard InChI is InChI=1S/C24H29N3O5/c1-5-16-13-14-27(26-22(16)18-9-12-20(30-3)21(15-18)31-4)23(28)17-7-10-19(11-8-17)25-24(29)32-6-2/h7-12,15-16H,5-6,13-14H2,1-4H3,(H,25,29). The zero-order valence-corrected chi connectivity index (χ0v) is 18.9. The van der Waals surface area contributed by atoms with Gasteiger partial charge in [0, 0.05) is 29.3 Å². The van der Waals surface area contributed by atoms with Crippen LogP contribution >= 0.6 is 0 Å². The van der Waals surface area contributed by atoms with E-state index in [1.54, 1.807) is 45.4 Å². The van der Waals surface area contributed by atoms with Crippen molar-refractivity contribution in [3.05, 3.63) is 53.6 Å². The van der Waals surface area contributed by atoms with E-state index < -0.39 is 6.09 Å². The molecule has 1 heterocycles. The molecule has 0 aliphatic carbocycles. The molecule has 1 aliphatic rings. The van der Waals surface area contributed by atoms with E-state index in [-0.39, 0.29) is 18.4 Å². The Balaban J connectivity index is 1.83. The van der Waals surface area contributed by atoms with Gasteiger partial charge in [0.2, 0.25) is 0 Å². The monoisotopic (exact) mass is 439 g/mol. The lowest BCUT2D eigenvalue weighted by atomic mass is 9.90. The fourth-order valence-electron chi connectivity index (χ4n) is 3.64. The summed E-state index contributed by atoms with van der Waals surface area (Å²) in [6.07, 6.45) is 1.21. The topological polar surface area (TPSA) is 89.5 Å². The molecule has 32 heavy (non-hydrogen) atoms. The van der Waals surface area contributed by atoms with Crippen molar-refractivity contribution >= 4 is 23.4 Å². The summed E-state index contributed by atoms with van der Waals surface area (Å²) in [5.74, 6) is 1.31. The molecular formula is C24H29N3O5. The van der Waals surface area contributed by atoms with E-state index in [2.05, 4.69) is 12.2 Å². The van der Waals surface area contributed by atoms with Crippen molar-refractivity contribution in [2.24, 2.45) is 11.0 Å². The van der Waals surface area contributed by atoms with Gasteiger partial charge in [-0.05, 0) is 62.2 Å². The van der Waals surface area contributed by atoms with E-state index in [9.17, 15) is 9.59 Å². The van der Waals surface area contributed by atoms with Gasteiger partial charge in [-0.3, -0.25) is 10.1 Å². The Labute approximate surface area is 188 Å². The Morgan fingerprint density at radius 1 is 1.06 bits per heavy atom. The van der Waals surface area contributed by atoms with Gasteiger partial charge in [-0.2, -0.15) is 5.10 Å². The number of benzene rings is 2. The highest BCUT2D eigenvalue weighted by Crippen LogP contribution is 2.31. The third-order valence-electron chi connectivity index (χ3n) is 5.36. The van der Waals surface area contributed by atoms with Gasteiger partial charge in [-0.1, -0.05) is 6.92 Å². The number of nitrogens with one attached hydrogen (secondary N) is 1. The first kappa shape index (κ1) is 23.1. The first-order chi connectivity index (χ1) is 15.5. The van der Waals surface area contributed by atoms with Crippen LogP contribution in [0.25, 0.3) is 0 Å². The Hall–Kier alpha value is -3.55. The van der Waals surface area contributed by atoms with Crippen LogP contribution in [0.2, 0.25) is 0 Å². The lowest BCUT2D eigenvalue weighted by molar-refractivity contribution is 0.0742. The maximum Gasteiger partial charge on any atom is 0.411 e. The molecule has 2 aromatic carbocycles. The lowest BCUT2D eigenvalue weighted by Gasteiger charge is -2.29. The first-order valence-electron chi connectivity index (χ1n) is 10.7. The average molecular weight is 440 g/mol. The molecule has 3 rings (SSSR count). The fourth-order valence-corrected chi connectivity index (χ4v) is 3.64. The number of carbonyl (C=O) groups excluding carboxylic acids is 2. The van der Waals surface area contributed by atoms with Gasteiger partial charge in [0.15, 0.2) is 11.5 Å². The van der Waals surface area contributed by atoms with Gasteiger partial charge in [-0.15, -0.1) is 0 Å². The van der Waals surface area contributed by atoms with Gasteiger partial charge in [0.1, 0.15) is 0 Å². The Kier molecular flexibility index (Phi) is 7.70. The van der Waals surface area contributed by atoms with E-state index in [1.807, 2.05) is 18.2 Å². The number of nitrogens with zero attached hydrogens (tertiary/aromatic N) is 2. The number of rotatable bonds is 7. The van der Waals surface area contributed by atoms with Crippen molar-refractivity contribution < 1.29 is 23.8 Å². The molecule has 0 radical (unpaired) electrons. The second kappa shape index (κ2) is 10.7. The third kappa shape index (κ3) is 5.19. The minimum absolute atomic E-state index is 0.194. The predicted octanol–water partition coefficient (Wildman–Crippen LogP) is 4.55. The maximum absolute atomic E-state index is 13.1. The van der Waals surface area contributed by atoms with Crippen molar-refractivity contribution in [1.29, 1.82) is 0 Å². The van der Waals surface area contributed by atoms with Crippen LogP contribution in [0, 0.1) is 5.92 Å². The number of amides is 2. The van der Waals surface area contributed by atoms with Crippen molar-refractivity contribution in [1.82, 2.24) is 5.01 Å². The van der Waals surface area contributed by atoms with Crippen molar-refractivity contribution in [2.75, 3.05) is 32.7 Å². The van der Waals surface area contributed by atoms with Crippen LogP contribution in [-0.4, -0.2) is 50.1 Å². The molecule has 0 aromatic heterocycles. The number of hydrogen-bond acceptors (Lipinski definition) is 6. The van der Waals surface area contributed by atoms with Crippen LogP contribution in [-0.2, 0) is 4.74 Å². The molecule has 8 nitrogen and oxygen atoms in total. The second-order valence-corrected chi connectivity index (χ2v) is 7.30. The molecule has 1 aliphatic heterocycles. The minimum atomic E-state index is -0.530. The zero-order valence-electron chi connectivity index (χ0n) is 18.9. The molecule has 1 N–H and O–H groups in total. The number of carbonyl (C=O) groups is 2. The summed E-state index contributed by atoms with van der Waals surface area (Å²) >= 11 is 0. The molecule has 2 amide bonds. The van der Waals surface area contributed by atoms with Crippen LogP contribution in [0.3, 0.4) is 0 Å². The molecule has 0 saturated carbocycles. The molecule has 0 saturated heterocycles. The number of hydrazone groups is 1. The fraction of sp³-hybridized carbons (Fsp3) is 0.375. The molecule has 0 bridgehead atoms. The van der Waals surface area contributed by atoms with Gasteiger partial charge in [-0.25, -0.2) is 9.80 Å². The lowest BCUT2D eigenvalue weighted by Crippen LogP contribution is -2.36. The van der Waals surface area contributed by atoms with Gasteiger partial charge >= 0.3 is 6.09 Å². The van der Waals surface area contributed by atoms with E-state index in [0.717, 1.165) is 24.1 Å². The van der Waals surface area contributed by atoms with Gasteiger partial charge < -0.3 is 14.2 Å². The van der Waals surface area contributed by atoms with E-state index in [0.29, 0.717) is 29.3 Å². The molecule has 2 aromatic rings. The second-order valence-electron chi connectivity index (χ2n) is 7.30. The average Bonchev–Trinajstić information content (AvgIpc) is 2.83. The van der Waals surface area contributed by atoms with Crippen LogP contribution in [0.4, 0.5) is 10.5 Å². The normalized spacial score (nSPS) is 15.6. The van der Waals surface area contributed by atoms with Gasteiger partial charge in [0.25, 0.3) is 5.91 Å². The Bertz CT molecular complexity index is 988. The highest BCUT2D eigenvalue weighted by atomic mass is 16.5. The van der Waals surface area contributed by atoms with Crippen LogP contribution in [0.15, 0.2) is 47.6 Å². The summed E-state index contributed by atoms with van der Waals surface area (Å²) in [6.45, 7) is 4.68. The summed E-state index contributed by atoms with van der Waals surface area (Å²) in [5, 5.41) is 8.84. The summed E-state index contributed by atoms with van der Waals surface area (Å²) < 4.78 is 15.6. The first-order valence-corrected chi connectivity index (χ1v) is 10.7. The predicted molar refractivity (Wildman–Crippen MR) is 123 cm³/mol. The summed E-state index contributed by atoms with van der Waals surface area (Å²) in [5.41, 5.74) is 2.80. The maximum atomic E-state index is 13.1. The number of methoxy groups -OCH3 is 2. The van der Waals surface area contributed by atoms with Gasteiger partial charge in [0.05, 0.1) is 26.5 Å². The molecule has 170 valence electrons. The highest BCUT2D eigenvalue weighted by molar-refractivity contribution is 6.04. The molecule has 0 fully saturated rings. The Morgan fingerprint density at radius 3 is 2.41 bits per heavy atom. The number of anilines is 1. The van der Waals surface area contributed by atoms with Crippen LogP contribution in [0.5, 0.6) is 11.5 Å². The van der Waals surface area contributed by atoms with E-state index in [4.69, 9.17) is 19.3 Å². The molecular weight excluding hydrogens is 410 g/mol. The molecule has 1 atom stereocenters. The number of ether oxygens (including phenoxy) is 3. The largest absolute Gasteiger partial charge is 0.493 e. The van der Waals surface area contributed by atoms with Crippen LogP contribution < -0.4 is 14.8 Å². The summed E-state index contributed by atoms with van der Waals surface area (Å²) in [6, 6.07) is 12.4. The van der Waals surface area contributed by atoms with E-state index >= 15 is 0 Å². The minimum Gasteiger partial charge on any atom is -0.493 e. The number of hydrogen-bond donors (Lipinski definition) is 1. The quantitative estimate of drug-likeness (QED) is 0.684. The zero-order chi connectivity index (χ0) is 23.1. The summed E-state index contributed by atoms with van der Waals surface area (Å²) in [7, 11) is 3.19. The highest BCUT2D eigenvalue weighted by Gasteiger charge is 2.27. The van der Waals surface area contributed by atoms with Crippen LogP contribution in [0.1, 0.15) is 42.6 Å². The summed E-state index contributed by atoms with van der Waals surface area (Å²) in [4.78, 5) is 24.6. The van der Waals surface area contributed by atoms with E-state index in [1.165, 1.54) is 5.01 Å². The third-order valence-corrected chi connectivity index (χ3v) is 5.36. The van der Waals surface area contributed by atoms with Crippen molar-refractivity contribution in [3.8, 4) is 11.5 Å². The molecule has 0 spiro atoms. The SMILES string of the molecule is CCOC(=O)Nc1ccc(C(=O)N2CCC(CC)C(c3ccc(OC)c(OC)c3)=N2)cc1. The molecule has 8 heteroatoms. The van der Waals surface area contributed by atoms with Crippen molar-refractivity contribution in [3.63, 3.8) is 0 Å². The Morgan fingerprint density at radius 2 is 1.78 bits per heavy atom. The van der Waals surface area contributed by atoms with Crippen molar-refractivity contribution in [2.45, 2.75) is 26.7 Å².